The fraction of sp³-hybridized carbons (Fsp3) is 0.812. The van der Waals surface area contributed by atoms with E-state index in [1.165, 1.54) is 0 Å². The van der Waals surface area contributed by atoms with Gasteiger partial charge in [0.2, 0.25) is 0 Å². The fourth-order valence-electron chi connectivity index (χ4n) is 7.31. The standard InChI is InChI=1S/C32H52O10/c1-9-30(5,6)40-14-21-25(35)26(36)27(37)29(41-21)42-28-23-19(16(2)3)12-22(33)31(23,7)13-20-18(17(4)24(28)34)10-11-32(20,38)15-39-8/h9,13,16-18,21-22,24-29,33-38H,1,10-12,14-15H2,2-8H3. The van der Waals surface area contributed by atoms with Crippen LogP contribution >= 0.6 is 0 Å². The van der Waals surface area contributed by atoms with E-state index in [0.29, 0.717) is 24.8 Å². The van der Waals surface area contributed by atoms with Gasteiger partial charge in [-0.05, 0) is 68.9 Å². The minimum absolute atomic E-state index is 0.00651. The van der Waals surface area contributed by atoms with Crippen LogP contribution in [0, 0.1) is 23.2 Å². The van der Waals surface area contributed by atoms with Gasteiger partial charge in [0.1, 0.15) is 36.1 Å². The fourth-order valence-corrected chi connectivity index (χ4v) is 7.31. The Bertz CT molecular complexity index is 1050. The first-order chi connectivity index (χ1) is 19.5. The normalized spacial score (nSPS) is 44.5. The number of ether oxygens (including phenoxy) is 4. The minimum atomic E-state index is -1.61. The average Bonchev–Trinajstić information content (AvgIpc) is 3.38. The first-order valence-electron chi connectivity index (χ1n) is 15.2. The van der Waals surface area contributed by atoms with Crippen LogP contribution in [0.2, 0.25) is 0 Å². The summed E-state index contributed by atoms with van der Waals surface area (Å²) in [6.45, 7) is 15.2. The summed E-state index contributed by atoms with van der Waals surface area (Å²) in [6, 6.07) is 0. The number of aliphatic hydroxyl groups is 6. The third-order valence-electron chi connectivity index (χ3n) is 10.2. The molecular formula is C32H52O10. The Labute approximate surface area is 249 Å². The average molecular weight is 597 g/mol. The summed E-state index contributed by atoms with van der Waals surface area (Å²) in [4.78, 5) is 0. The van der Waals surface area contributed by atoms with Gasteiger partial charge in [0.05, 0.1) is 31.0 Å². The molecule has 2 fully saturated rings. The molecule has 4 rings (SSSR count). The molecule has 240 valence electrons. The number of methoxy groups -OCH3 is 1. The highest BCUT2D eigenvalue weighted by molar-refractivity contribution is 5.44. The molecule has 0 amide bonds. The Morgan fingerprint density at radius 1 is 1.12 bits per heavy atom. The molecule has 0 bridgehead atoms. The third kappa shape index (κ3) is 5.92. The molecule has 42 heavy (non-hydrogen) atoms. The quantitative estimate of drug-likeness (QED) is 0.216. The molecule has 0 aromatic carbocycles. The minimum Gasteiger partial charge on any atom is -0.392 e. The maximum Gasteiger partial charge on any atom is 0.187 e. The lowest BCUT2D eigenvalue weighted by Gasteiger charge is -2.47. The van der Waals surface area contributed by atoms with E-state index in [-0.39, 0.29) is 31.0 Å². The van der Waals surface area contributed by atoms with E-state index < -0.39 is 65.6 Å². The van der Waals surface area contributed by atoms with Gasteiger partial charge in [0.15, 0.2) is 6.29 Å². The molecule has 1 saturated heterocycles. The van der Waals surface area contributed by atoms with E-state index in [0.717, 1.165) is 11.1 Å². The van der Waals surface area contributed by atoms with Gasteiger partial charge in [-0.2, -0.15) is 0 Å². The zero-order valence-electron chi connectivity index (χ0n) is 26.1. The number of fused-ring (bicyclic) bond motifs is 2. The maximum atomic E-state index is 12.0. The summed E-state index contributed by atoms with van der Waals surface area (Å²) in [7, 11) is 1.54. The Morgan fingerprint density at radius 3 is 2.38 bits per heavy atom. The van der Waals surface area contributed by atoms with Crippen LogP contribution in [-0.4, -0.2) is 111 Å². The van der Waals surface area contributed by atoms with Crippen molar-refractivity contribution >= 4 is 0 Å². The largest absolute Gasteiger partial charge is 0.392 e. The van der Waals surface area contributed by atoms with Crippen molar-refractivity contribution < 1.29 is 49.6 Å². The van der Waals surface area contributed by atoms with Gasteiger partial charge in [-0.15, -0.1) is 6.58 Å². The third-order valence-corrected chi connectivity index (χ3v) is 10.2. The van der Waals surface area contributed by atoms with Crippen molar-refractivity contribution in [3.8, 4) is 0 Å². The van der Waals surface area contributed by atoms with Gasteiger partial charge in [0.25, 0.3) is 0 Å². The van der Waals surface area contributed by atoms with Crippen LogP contribution in [0.3, 0.4) is 0 Å². The highest BCUT2D eigenvalue weighted by atomic mass is 16.7. The van der Waals surface area contributed by atoms with Gasteiger partial charge >= 0.3 is 0 Å². The maximum absolute atomic E-state index is 12.0. The molecule has 0 aromatic rings. The van der Waals surface area contributed by atoms with Crippen molar-refractivity contribution in [1.82, 2.24) is 0 Å². The zero-order chi connectivity index (χ0) is 31.4. The van der Waals surface area contributed by atoms with Crippen LogP contribution < -0.4 is 0 Å². The summed E-state index contributed by atoms with van der Waals surface area (Å²) >= 11 is 0. The van der Waals surface area contributed by atoms with Gasteiger partial charge < -0.3 is 49.6 Å². The van der Waals surface area contributed by atoms with Crippen LogP contribution in [0.1, 0.15) is 60.8 Å². The molecule has 12 unspecified atom stereocenters. The highest BCUT2D eigenvalue weighted by Crippen LogP contribution is 2.56. The van der Waals surface area contributed by atoms with Crippen LogP contribution in [0.15, 0.2) is 35.5 Å². The van der Waals surface area contributed by atoms with Crippen LogP contribution in [-0.2, 0) is 18.9 Å². The van der Waals surface area contributed by atoms with E-state index >= 15 is 0 Å². The summed E-state index contributed by atoms with van der Waals surface area (Å²) in [5.41, 5.74) is -0.583. The Morgan fingerprint density at radius 2 is 1.79 bits per heavy atom. The molecule has 6 N–H and O–H groups in total. The summed E-state index contributed by atoms with van der Waals surface area (Å²) < 4.78 is 23.7. The zero-order valence-corrected chi connectivity index (χ0v) is 26.1. The molecule has 10 heteroatoms. The molecule has 0 spiro atoms. The molecule has 4 aliphatic rings. The van der Waals surface area contributed by atoms with Crippen molar-refractivity contribution in [2.24, 2.45) is 23.2 Å². The SMILES string of the molecule is C=CC(C)(C)OCC1OC(OC2C3=C(C(C)C)CC(O)C3(C)C=C3C(CCC3(O)COC)C(C)C2O)C(O)C(O)C1O. The van der Waals surface area contributed by atoms with Gasteiger partial charge in [-0.3, -0.25) is 0 Å². The Kier molecular flexibility index (Phi) is 9.88. The molecule has 1 aliphatic heterocycles. The van der Waals surface area contributed by atoms with E-state index in [1.54, 1.807) is 27.0 Å². The predicted octanol–water partition coefficient (Wildman–Crippen LogP) is 1.61. The lowest BCUT2D eigenvalue weighted by Crippen LogP contribution is -2.61. The summed E-state index contributed by atoms with van der Waals surface area (Å²) in [5, 5.41) is 67.7. The van der Waals surface area contributed by atoms with Crippen molar-refractivity contribution in [3.63, 3.8) is 0 Å². The van der Waals surface area contributed by atoms with Crippen molar-refractivity contribution in [3.05, 3.63) is 35.5 Å². The second-order valence-corrected chi connectivity index (χ2v) is 13.8. The topological polar surface area (TPSA) is 158 Å². The van der Waals surface area contributed by atoms with Crippen LogP contribution in [0.4, 0.5) is 0 Å². The van der Waals surface area contributed by atoms with Gasteiger partial charge in [-0.1, -0.05) is 38.5 Å². The molecule has 1 saturated carbocycles. The lowest BCUT2D eigenvalue weighted by molar-refractivity contribution is -0.319. The second-order valence-electron chi connectivity index (χ2n) is 13.8. The number of hydrogen-bond acceptors (Lipinski definition) is 10. The van der Waals surface area contributed by atoms with E-state index in [1.807, 2.05) is 33.8 Å². The van der Waals surface area contributed by atoms with Crippen molar-refractivity contribution in [1.29, 1.82) is 0 Å². The number of hydrogen-bond donors (Lipinski definition) is 6. The molecule has 3 aliphatic carbocycles. The Balaban J connectivity index is 1.76. The van der Waals surface area contributed by atoms with Gasteiger partial charge in [0, 0.05) is 12.5 Å². The predicted molar refractivity (Wildman–Crippen MR) is 155 cm³/mol. The smallest absolute Gasteiger partial charge is 0.187 e. The Hall–Kier alpha value is -1.18. The monoisotopic (exact) mass is 596 g/mol. The molecule has 0 aromatic heterocycles. The molecule has 10 nitrogen and oxygen atoms in total. The van der Waals surface area contributed by atoms with E-state index in [4.69, 9.17) is 18.9 Å². The van der Waals surface area contributed by atoms with Crippen molar-refractivity contribution in [2.75, 3.05) is 20.3 Å². The number of rotatable bonds is 9. The summed E-state index contributed by atoms with van der Waals surface area (Å²) in [6.07, 6.45) is -5.03. The van der Waals surface area contributed by atoms with E-state index in [2.05, 4.69) is 6.58 Å². The van der Waals surface area contributed by atoms with Gasteiger partial charge in [-0.25, -0.2) is 0 Å². The molecule has 0 radical (unpaired) electrons. The first kappa shape index (κ1) is 33.7. The second kappa shape index (κ2) is 12.3. The molecule has 1 heterocycles. The number of aliphatic hydroxyl groups excluding tert-OH is 5. The molecular weight excluding hydrogens is 544 g/mol. The van der Waals surface area contributed by atoms with E-state index in [9.17, 15) is 30.6 Å². The molecule has 12 atom stereocenters. The lowest BCUT2D eigenvalue weighted by atomic mass is 9.67. The van der Waals surface area contributed by atoms with Crippen molar-refractivity contribution in [2.45, 2.75) is 121 Å². The highest BCUT2D eigenvalue weighted by Gasteiger charge is 2.57. The summed E-state index contributed by atoms with van der Waals surface area (Å²) in [5.74, 6) is -0.571. The van der Waals surface area contributed by atoms with Crippen LogP contribution in [0.25, 0.3) is 0 Å². The first-order valence-corrected chi connectivity index (χ1v) is 15.2. The van der Waals surface area contributed by atoms with Crippen LogP contribution in [0.5, 0.6) is 0 Å².